The van der Waals surface area contributed by atoms with Crippen LogP contribution in [0.3, 0.4) is 0 Å². The molecule has 5 rings (SSSR count). The highest BCUT2D eigenvalue weighted by Crippen LogP contribution is 2.45. The van der Waals surface area contributed by atoms with E-state index < -0.39 is 5.60 Å². The molecule has 0 aromatic heterocycles. The fourth-order valence-electron chi connectivity index (χ4n) is 5.83. The van der Waals surface area contributed by atoms with Gasteiger partial charge in [0, 0.05) is 18.7 Å². The first-order valence-electron chi connectivity index (χ1n) is 11.9. The van der Waals surface area contributed by atoms with E-state index >= 15 is 0 Å². The molecule has 3 aromatic rings. The van der Waals surface area contributed by atoms with E-state index in [4.69, 9.17) is 9.47 Å². The normalized spacial score (nSPS) is 23.3. The fraction of sp³-hybridized carbons (Fsp3) is 0.379. The lowest BCUT2D eigenvalue weighted by atomic mass is 9.79. The van der Waals surface area contributed by atoms with Crippen molar-refractivity contribution < 1.29 is 9.47 Å². The maximum Gasteiger partial charge on any atom is 0.143 e. The van der Waals surface area contributed by atoms with Crippen LogP contribution in [0.5, 0.6) is 0 Å². The largest absolute Gasteiger partial charge is 0.377 e. The molecule has 3 aromatic carbocycles. The van der Waals surface area contributed by atoms with Crippen LogP contribution in [-0.4, -0.2) is 42.8 Å². The van der Waals surface area contributed by atoms with Gasteiger partial charge in [0.25, 0.3) is 0 Å². The van der Waals surface area contributed by atoms with Gasteiger partial charge in [-0.2, -0.15) is 0 Å². The third-order valence-corrected chi connectivity index (χ3v) is 7.27. The Hall–Kier alpha value is -2.46. The van der Waals surface area contributed by atoms with Crippen LogP contribution < -0.4 is 0 Å². The minimum atomic E-state index is -0.656. The van der Waals surface area contributed by atoms with E-state index in [0.29, 0.717) is 12.7 Å². The van der Waals surface area contributed by atoms with Gasteiger partial charge in [0.15, 0.2) is 0 Å². The van der Waals surface area contributed by atoms with Crippen molar-refractivity contribution in [3.8, 4) is 0 Å². The van der Waals surface area contributed by atoms with E-state index in [2.05, 4.69) is 103 Å². The van der Waals surface area contributed by atoms with E-state index in [1.165, 1.54) is 12.8 Å². The van der Waals surface area contributed by atoms with E-state index in [9.17, 15) is 0 Å². The molecule has 0 bridgehead atoms. The summed E-state index contributed by atoms with van der Waals surface area (Å²) in [4.78, 5) is 2.62. The van der Waals surface area contributed by atoms with Crippen LogP contribution in [-0.2, 0) is 15.1 Å². The number of hydrogen-bond acceptors (Lipinski definition) is 3. The van der Waals surface area contributed by atoms with Gasteiger partial charge in [0.2, 0.25) is 0 Å². The molecule has 0 amide bonds. The molecule has 0 spiro atoms. The molecule has 166 valence electrons. The first-order valence-corrected chi connectivity index (χ1v) is 11.9. The Morgan fingerprint density at radius 3 is 1.88 bits per heavy atom. The SMILES string of the molecule is CCO[C@H]1CN2CCC[C@@]2(COC(c2ccccc2)(c2ccccc2)c2ccccc2)C1. The number of nitrogens with zero attached hydrogens (tertiary/aromatic N) is 1. The van der Waals surface area contributed by atoms with Crippen molar-refractivity contribution in [3.63, 3.8) is 0 Å². The second-order valence-electron chi connectivity index (χ2n) is 9.12. The Balaban J connectivity index is 1.58. The van der Waals surface area contributed by atoms with E-state index in [1.54, 1.807) is 0 Å². The predicted octanol–water partition coefficient (Wildman–Crippen LogP) is 5.64. The van der Waals surface area contributed by atoms with Crippen molar-refractivity contribution >= 4 is 0 Å². The third-order valence-electron chi connectivity index (χ3n) is 7.27. The predicted molar refractivity (Wildman–Crippen MR) is 129 cm³/mol. The Labute approximate surface area is 192 Å². The Kier molecular flexibility index (Phi) is 6.14. The maximum absolute atomic E-state index is 7.21. The molecule has 0 radical (unpaired) electrons. The summed E-state index contributed by atoms with van der Waals surface area (Å²) >= 11 is 0. The van der Waals surface area contributed by atoms with E-state index in [0.717, 1.165) is 42.8 Å². The molecule has 0 saturated carbocycles. The van der Waals surface area contributed by atoms with Crippen LogP contribution in [0.1, 0.15) is 42.9 Å². The molecule has 0 N–H and O–H groups in total. The van der Waals surface area contributed by atoms with Gasteiger partial charge in [-0.1, -0.05) is 91.0 Å². The second kappa shape index (κ2) is 9.19. The van der Waals surface area contributed by atoms with E-state index in [1.807, 2.05) is 0 Å². The topological polar surface area (TPSA) is 21.7 Å². The summed E-state index contributed by atoms with van der Waals surface area (Å²) in [6.07, 6.45) is 3.76. The van der Waals surface area contributed by atoms with Crippen LogP contribution in [0, 0.1) is 0 Å². The van der Waals surface area contributed by atoms with Gasteiger partial charge < -0.3 is 9.47 Å². The monoisotopic (exact) mass is 427 g/mol. The van der Waals surface area contributed by atoms with Crippen molar-refractivity contribution in [1.82, 2.24) is 4.90 Å². The summed E-state index contributed by atoms with van der Waals surface area (Å²) in [5.41, 5.74) is 2.90. The van der Waals surface area contributed by atoms with Crippen LogP contribution in [0.2, 0.25) is 0 Å². The summed E-state index contributed by atoms with van der Waals surface area (Å²) in [5, 5.41) is 0. The number of fused-ring (bicyclic) bond motifs is 1. The molecule has 2 atom stereocenters. The van der Waals surface area contributed by atoms with E-state index in [-0.39, 0.29) is 5.54 Å². The zero-order chi connectivity index (χ0) is 21.9. The number of ether oxygens (including phenoxy) is 2. The third kappa shape index (κ3) is 3.79. The molecule has 2 aliphatic heterocycles. The standard InChI is InChI=1S/C29H33NO2/c1-2-31-27-21-28(19-12-20-30(28)22-27)23-32-29(24-13-6-3-7-14-24,25-15-8-4-9-16-25)26-17-10-5-11-18-26/h3-11,13-18,27H,2,12,19-23H2,1H3/t27-,28+/m1/s1. The summed E-state index contributed by atoms with van der Waals surface area (Å²) < 4.78 is 13.3. The lowest BCUT2D eigenvalue weighted by Crippen LogP contribution is -2.46. The lowest BCUT2D eigenvalue weighted by molar-refractivity contribution is -0.0427. The molecule has 2 aliphatic rings. The molecular weight excluding hydrogens is 394 g/mol. The van der Waals surface area contributed by atoms with Crippen molar-refractivity contribution in [1.29, 1.82) is 0 Å². The molecule has 2 fully saturated rings. The number of hydrogen-bond donors (Lipinski definition) is 0. The zero-order valence-electron chi connectivity index (χ0n) is 19.0. The highest BCUT2D eigenvalue weighted by atomic mass is 16.5. The molecule has 2 saturated heterocycles. The highest BCUT2D eigenvalue weighted by Gasteiger charge is 2.51. The summed E-state index contributed by atoms with van der Waals surface area (Å²) in [5.74, 6) is 0. The van der Waals surface area contributed by atoms with Crippen LogP contribution in [0.15, 0.2) is 91.0 Å². The summed E-state index contributed by atoms with van der Waals surface area (Å²) in [7, 11) is 0. The van der Waals surface area contributed by atoms with Crippen molar-refractivity contribution in [2.24, 2.45) is 0 Å². The average Bonchev–Trinajstić information content (AvgIpc) is 3.39. The lowest BCUT2D eigenvalue weighted by Gasteiger charge is -2.40. The summed E-state index contributed by atoms with van der Waals surface area (Å²) in [6, 6.07) is 32.1. The molecule has 32 heavy (non-hydrogen) atoms. The number of rotatable bonds is 8. The van der Waals surface area contributed by atoms with Crippen LogP contribution >= 0.6 is 0 Å². The Bertz CT molecular complexity index is 895. The van der Waals surface area contributed by atoms with Crippen molar-refractivity contribution in [2.45, 2.75) is 43.4 Å². The van der Waals surface area contributed by atoms with Crippen LogP contribution in [0.4, 0.5) is 0 Å². The minimum absolute atomic E-state index is 0.0590. The first-order chi connectivity index (χ1) is 15.8. The van der Waals surface area contributed by atoms with Gasteiger partial charge in [-0.3, -0.25) is 4.90 Å². The minimum Gasteiger partial charge on any atom is -0.377 e. The van der Waals surface area contributed by atoms with Gasteiger partial charge in [0.1, 0.15) is 5.60 Å². The Morgan fingerprint density at radius 2 is 1.38 bits per heavy atom. The first kappa shape index (κ1) is 21.4. The number of benzene rings is 3. The molecule has 0 aliphatic carbocycles. The van der Waals surface area contributed by atoms with Crippen molar-refractivity contribution in [3.05, 3.63) is 108 Å². The van der Waals surface area contributed by atoms with Gasteiger partial charge >= 0.3 is 0 Å². The molecule has 2 heterocycles. The van der Waals surface area contributed by atoms with Crippen LogP contribution in [0.25, 0.3) is 0 Å². The smallest absolute Gasteiger partial charge is 0.143 e. The van der Waals surface area contributed by atoms with Crippen molar-refractivity contribution in [2.75, 3.05) is 26.3 Å². The van der Waals surface area contributed by atoms with Gasteiger partial charge in [0.05, 0.1) is 12.7 Å². The Morgan fingerprint density at radius 1 is 0.844 bits per heavy atom. The van der Waals surface area contributed by atoms with Gasteiger partial charge in [-0.15, -0.1) is 0 Å². The highest BCUT2D eigenvalue weighted by molar-refractivity contribution is 5.47. The fourth-order valence-corrected chi connectivity index (χ4v) is 5.83. The van der Waals surface area contributed by atoms with Gasteiger partial charge in [-0.25, -0.2) is 0 Å². The average molecular weight is 428 g/mol. The molecule has 0 unspecified atom stereocenters. The molecule has 3 heteroatoms. The zero-order valence-corrected chi connectivity index (χ0v) is 19.0. The van der Waals surface area contributed by atoms with Gasteiger partial charge in [-0.05, 0) is 49.4 Å². The quantitative estimate of drug-likeness (QED) is 0.434. The molecule has 3 nitrogen and oxygen atoms in total. The molecular formula is C29H33NO2. The summed E-state index contributed by atoms with van der Waals surface area (Å²) in [6.45, 7) is 5.72. The maximum atomic E-state index is 7.21. The second-order valence-corrected chi connectivity index (χ2v) is 9.12.